The second-order valence-corrected chi connectivity index (χ2v) is 15.6. The minimum atomic E-state index is -0.577. The Bertz CT molecular complexity index is 3900. The largest absolute Gasteiger partial charge is 0.510 e. The van der Waals surface area contributed by atoms with Gasteiger partial charge in [0.15, 0.2) is 0 Å². The van der Waals surface area contributed by atoms with Gasteiger partial charge in [-0.3, -0.25) is 4.57 Å². The van der Waals surface area contributed by atoms with Crippen LogP contribution in [0.2, 0.25) is 0 Å². The fourth-order valence-electron chi connectivity index (χ4n) is 8.32. The Balaban J connectivity index is 0.00000626. The first-order chi connectivity index (χ1) is 35.2. The van der Waals surface area contributed by atoms with Gasteiger partial charge >= 0.3 is 0 Å². The third-order valence-electron chi connectivity index (χ3n) is 11.0. The van der Waals surface area contributed by atoms with Crippen molar-refractivity contribution in [1.29, 1.82) is 0 Å². The molecule has 0 bridgehead atoms. The van der Waals surface area contributed by atoms with Crippen molar-refractivity contribution >= 4 is 32.8 Å². The van der Waals surface area contributed by atoms with Gasteiger partial charge in [-0.05, 0) is 86.6 Å². The molecule has 0 amide bonds. The molecule has 11 rings (SSSR count). The molecule has 0 radical (unpaired) electrons. The third kappa shape index (κ3) is 7.63. The molecule has 0 saturated carbocycles. The molecule has 6 heteroatoms. The van der Waals surface area contributed by atoms with Crippen LogP contribution in [0.25, 0.3) is 83.4 Å². The molecule has 0 N–H and O–H groups in total. The molecule has 0 atom stereocenters. The van der Waals surface area contributed by atoms with E-state index in [0.29, 0.717) is 34.1 Å². The number of benzene rings is 8. The van der Waals surface area contributed by atoms with Gasteiger partial charge in [-0.25, -0.2) is 4.98 Å². The van der Waals surface area contributed by atoms with Crippen LogP contribution in [0.1, 0.15) is 33.1 Å². The number of nitrogens with zero attached hydrogens (tertiary/aromatic N) is 4. The number of fused-ring (bicyclic) bond motifs is 4. The van der Waals surface area contributed by atoms with Gasteiger partial charge in [0.2, 0.25) is 0 Å². The quantitative estimate of drug-likeness (QED) is 0.101. The van der Waals surface area contributed by atoms with E-state index >= 15 is 0 Å². The summed E-state index contributed by atoms with van der Waals surface area (Å²) in [6, 6.07) is 43.6. The number of pyridine rings is 1. The Morgan fingerprint density at radius 3 is 2.08 bits per heavy atom. The number of para-hydroxylation sites is 2. The Labute approximate surface area is 401 Å². The van der Waals surface area contributed by atoms with E-state index in [1.54, 1.807) is 33.4 Å². The molecule has 3 heterocycles. The van der Waals surface area contributed by atoms with Gasteiger partial charge < -0.3 is 13.9 Å². The van der Waals surface area contributed by atoms with Crippen molar-refractivity contribution in [2.75, 3.05) is 0 Å². The molecule has 0 unspecified atom stereocenters. The topological polar surface area (TPSA) is 35.9 Å². The first kappa shape index (κ1) is 30.7. The fourth-order valence-corrected chi connectivity index (χ4v) is 8.32. The van der Waals surface area contributed by atoms with Crippen molar-refractivity contribution in [1.82, 2.24) is 14.1 Å². The van der Waals surface area contributed by atoms with E-state index in [2.05, 4.69) is 55.1 Å². The van der Waals surface area contributed by atoms with E-state index in [1.165, 1.54) is 5.56 Å². The van der Waals surface area contributed by atoms with Gasteiger partial charge in [0.25, 0.3) is 6.33 Å². The predicted molar refractivity (Wildman–Crippen MR) is 255 cm³/mol. The molecule has 8 aromatic carbocycles. The third-order valence-corrected chi connectivity index (χ3v) is 11.0. The molecular formula is C58H42N4OPt-2. The maximum atomic E-state index is 9.13. The molecule has 3 aromatic heterocycles. The van der Waals surface area contributed by atoms with E-state index in [0.717, 1.165) is 45.2 Å². The van der Waals surface area contributed by atoms with Crippen LogP contribution in [-0.2, 0) is 27.5 Å². The number of rotatable bonds is 10. The van der Waals surface area contributed by atoms with E-state index < -0.39 is 60.4 Å². The molecule has 0 aliphatic carbocycles. The van der Waals surface area contributed by atoms with E-state index in [4.69, 9.17) is 23.4 Å². The Morgan fingerprint density at radius 1 is 0.625 bits per heavy atom. The summed E-state index contributed by atoms with van der Waals surface area (Å²) in [6.07, 6.45) is 6.22. The number of ether oxygens (including phenoxy) is 1. The van der Waals surface area contributed by atoms with Crippen molar-refractivity contribution in [3.05, 3.63) is 224 Å². The summed E-state index contributed by atoms with van der Waals surface area (Å²) in [5, 5.41) is 2.03. The molecule has 0 fully saturated rings. The minimum Gasteiger partial charge on any atom is -0.510 e. The molecular weight excluding hydrogens is 964 g/mol. The summed E-state index contributed by atoms with van der Waals surface area (Å²) in [5.74, 6) is 2.03. The first-order valence-corrected chi connectivity index (χ1v) is 20.6. The summed E-state index contributed by atoms with van der Waals surface area (Å²) in [5.41, 5.74) is 6.39. The van der Waals surface area contributed by atoms with E-state index in [1.807, 2.05) is 97.2 Å². The average molecular weight is 1020 g/mol. The summed E-state index contributed by atoms with van der Waals surface area (Å²) >= 11 is 0. The standard InChI is InChI=1S/C58H42N4O.Pt/c1-40(2)34-41-32-33-59-57(35-41)62-53-27-13-12-24-51(53)52-30-29-48(38-55(52)62)63-47-23-14-22-46(37-47)60-39-61(56-36-45(28-31-54(56)60)42-16-6-3-7-17-42)58-49(43-18-8-4-9-19-43)25-15-26-50(58)44-20-10-5-11-21-44;/h3-33,35-36,40H,34H2,1-2H3;/q-2;/i4D,5D,8D,9D,10D,11D,18D,19D,20D,21D;. The number of hydrogen-bond acceptors (Lipinski definition) is 2. The van der Waals surface area contributed by atoms with Gasteiger partial charge in [0.1, 0.15) is 5.82 Å². The summed E-state index contributed by atoms with van der Waals surface area (Å²) in [6.45, 7) is 4.38. The molecule has 5 nitrogen and oxygen atoms in total. The molecule has 0 spiro atoms. The van der Waals surface area contributed by atoms with Crippen LogP contribution >= 0.6 is 0 Å². The Kier molecular flexibility index (Phi) is 8.36. The first-order valence-electron chi connectivity index (χ1n) is 25.6. The van der Waals surface area contributed by atoms with Crippen LogP contribution < -0.4 is 9.30 Å². The van der Waals surface area contributed by atoms with Crippen molar-refractivity contribution < 1.29 is 44.1 Å². The average Bonchev–Trinajstić information content (AvgIpc) is 3.95. The van der Waals surface area contributed by atoms with Gasteiger partial charge in [0.05, 0.1) is 30.4 Å². The smallest absolute Gasteiger partial charge is 0.268 e. The number of aromatic nitrogens is 4. The molecule has 0 saturated heterocycles. The van der Waals surface area contributed by atoms with Gasteiger partial charge in [0, 0.05) is 44.3 Å². The molecule has 64 heavy (non-hydrogen) atoms. The zero-order chi connectivity index (χ0) is 51.0. The molecule has 0 aliphatic rings. The van der Waals surface area contributed by atoms with Crippen molar-refractivity contribution in [3.63, 3.8) is 0 Å². The van der Waals surface area contributed by atoms with Crippen molar-refractivity contribution in [3.8, 4) is 62.1 Å². The maximum Gasteiger partial charge on any atom is 0.268 e. The molecule has 11 aromatic rings. The van der Waals surface area contributed by atoms with Crippen LogP contribution in [0.5, 0.6) is 11.5 Å². The summed E-state index contributed by atoms with van der Waals surface area (Å²) in [4.78, 5) is 4.81. The fraction of sp³-hybridized carbons (Fsp3) is 0.0690. The predicted octanol–water partition coefficient (Wildman–Crippen LogP) is 13.8. The Morgan fingerprint density at radius 2 is 1.33 bits per heavy atom. The Hall–Kier alpha value is -7.33. The van der Waals surface area contributed by atoms with Crippen LogP contribution in [0.3, 0.4) is 0 Å². The monoisotopic (exact) mass is 1020 g/mol. The second kappa shape index (κ2) is 17.4. The minimum absolute atomic E-state index is 0. The zero-order valence-electron chi connectivity index (χ0n) is 44.6. The second-order valence-electron chi connectivity index (χ2n) is 15.6. The number of hydrogen-bond donors (Lipinski definition) is 0. The van der Waals surface area contributed by atoms with Crippen LogP contribution in [-0.4, -0.2) is 14.1 Å². The van der Waals surface area contributed by atoms with Gasteiger partial charge in [-0.1, -0.05) is 159 Å². The molecule has 312 valence electrons. The van der Waals surface area contributed by atoms with Gasteiger partial charge in [-0.15, -0.1) is 29.7 Å². The normalized spacial score (nSPS) is 13.5. The van der Waals surface area contributed by atoms with Crippen LogP contribution in [0, 0.1) is 24.4 Å². The van der Waals surface area contributed by atoms with E-state index in [-0.39, 0.29) is 49.0 Å². The van der Waals surface area contributed by atoms with Crippen molar-refractivity contribution in [2.45, 2.75) is 20.3 Å². The summed E-state index contributed by atoms with van der Waals surface area (Å²) in [7, 11) is 0. The summed E-state index contributed by atoms with van der Waals surface area (Å²) < 4.78 is 100. The zero-order valence-corrected chi connectivity index (χ0v) is 36.8. The maximum absolute atomic E-state index is 9.13. The number of imidazole rings is 1. The van der Waals surface area contributed by atoms with Crippen molar-refractivity contribution in [2.24, 2.45) is 5.92 Å². The SMILES string of the molecule is [2H]c1c([2H])c([2H])c(-c2cccc(-c3c([2H])c([2H])c([2H])c([2H])c3[2H])c2-[n+]2[c-]n(-c3[c-]c(Oc4[c-]c5c(cc4)c4ccccc4n5-c4cc(CC(C)C)ccn4)ccc3)c3ccc(-c4ccccc4)cc32)c([2H])c1[2H].[Pt]. The van der Waals surface area contributed by atoms with Gasteiger partial charge in [-0.2, -0.15) is 18.2 Å². The molecule has 0 aliphatic heterocycles. The van der Waals surface area contributed by atoms with E-state index in [9.17, 15) is 0 Å². The van der Waals surface area contributed by atoms with Crippen LogP contribution in [0.4, 0.5) is 0 Å². The van der Waals surface area contributed by atoms with Crippen LogP contribution in [0.15, 0.2) is 200 Å².